The summed E-state index contributed by atoms with van der Waals surface area (Å²) in [5.74, 6) is 0.860. The lowest BCUT2D eigenvalue weighted by molar-refractivity contribution is 0.454. The molecule has 0 aromatic carbocycles. The van der Waals surface area contributed by atoms with Gasteiger partial charge in [0, 0.05) is 0 Å². The van der Waals surface area contributed by atoms with Crippen LogP contribution in [0.3, 0.4) is 0 Å². The summed E-state index contributed by atoms with van der Waals surface area (Å²) in [4.78, 5) is 0. The maximum absolute atomic E-state index is 3.44. The standard InChI is InChI=1S/C18H39N/c1-4-6-7-8-9-10-11-12-13-14-15-16-18(3)17-19-5-2/h18-19H,4-17H2,1-3H3. The molecular weight excluding hydrogens is 230 g/mol. The van der Waals surface area contributed by atoms with Gasteiger partial charge in [0.05, 0.1) is 0 Å². The zero-order valence-corrected chi connectivity index (χ0v) is 14.0. The lowest BCUT2D eigenvalue weighted by Crippen LogP contribution is -2.20. The maximum atomic E-state index is 3.44. The van der Waals surface area contributed by atoms with Gasteiger partial charge < -0.3 is 5.32 Å². The van der Waals surface area contributed by atoms with E-state index in [4.69, 9.17) is 0 Å². The van der Waals surface area contributed by atoms with Gasteiger partial charge in [-0.05, 0) is 25.4 Å². The van der Waals surface area contributed by atoms with Gasteiger partial charge in [-0.2, -0.15) is 0 Å². The van der Waals surface area contributed by atoms with E-state index in [1.165, 1.54) is 83.6 Å². The highest BCUT2D eigenvalue weighted by atomic mass is 14.8. The van der Waals surface area contributed by atoms with Crippen LogP contribution in [0.1, 0.15) is 97.8 Å². The molecule has 1 nitrogen and oxygen atoms in total. The Kier molecular flexibility index (Phi) is 16.0. The Bertz CT molecular complexity index is 156. The van der Waals surface area contributed by atoms with Crippen LogP contribution in [0.25, 0.3) is 0 Å². The fourth-order valence-electron chi connectivity index (χ4n) is 2.65. The van der Waals surface area contributed by atoms with Gasteiger partial charge in [-0.15, -0.1) is 0 Å². The van der Waals surface area contributed by atoms with E-state index in [9.17, 15) is 0 Å². The number of nitrogens with one attached hydrogen (secondary N) is 1. The molecular formula is C18H39N. The SMILES string of the molecule is CCCCCCCCCCCCCC(C)CNCC. The number of unbranched alkanes of at least 4 members (excludes halogenated alkanes) is 10. The van der Waals surface area contributed by atoms with Gasteiger partial charge in [0.15, 0.2) is 0 Å². The molecule has 0 amide bonds. The minimum atomic E-state index is 0.860. The highest BCUT2D eigenvalue weighted by molar-refractivity contribution is 4.57. The van der Waals surface area contributed by atoms with Crippen molar-refractivity contribution in [2.75, 3.05) is 13.1 Å². The van der Waals surface area contributed by atoms with Gasteiger partial charge in [-0.1, -0.05) is 91.4 Å². The van der Waals surface area contributed by atoms with Crippen LogP contribution in [0.5, 0.6) is 0 Å². The van der Waals surface area contributed by atoms with E-state index in [2.05, 4.69) is 26.1 Å². The van der Waals surface area contributed by atoms with E-state index in [1.54, 1.807) is 0 Å². The fourth-order valence-corrected chi connectivity index (χ4v) is 2.65. The molecule has 0 aromatic rings. The molecule has 1 atom stereocenters. The molecule has 0 aromatic heterocycles. The maximum Gasteiger partial charge on any atom is -0.00233 e. The third kappa shape index (κ3) is 15.9. The second-order valence-corrected chi connectivity index (χ2v) is 6.24. The first-order valence-electron chi connectivity index (χ1n) is 9.02. The van der Waals surface area contributed by atoms with E-state index in [-0.39, 0.29) is 0 Å². The van der Waals surface area contributed by atoms with Crippen LogP contribution in [-0.2, 0) is 0 Å². The smallest absolute Gasteiger partial charge is 0.00233 e. The molecule has 0 aliphatic rings. The zero-order chi connectivity index (χ0) is 14.2. The Morgan fingerprint density at radius 1 is 0.684 bits per heavy atom. The minimum Gasteiger partial charge on any atom is -0.317 e. The molecule has 0 aliphatic heterocycles. The summed E-state index contributed by atoms with van der Waals surface area (Å²) in [6, 6.07) is 0. The zero-order valence-electron chi connectivity index (χ0n) is 14.0. The van der Waals surface area contributed by atoms with Gasteiger partial charge in [0.25, 0.3) is 0 Å². The number of hydrogen-bond acceptors (Lipinski definition) is 1. The average molecular weight is 270 g/mol. The average Bonchev–Trinajstić information content (AvgIpc) is 2.42. The van der Waals surface area contributed by atoms with Crippen molar-refractivity contribution in [3.63, 3.8) is 0 Å². The highest BCUT2D eigenvalue weighted by Gasteiger charge is 2.00. The van der Waals surface area contributed by atoms with Crippen molar-refractivity contribution in [1.29, 1.82) is 0 Å². The van der Waals surface area contributed by atoms with Gasteiger partial charge in [0.2, 0.25) is 0 Å². The van der Waals surface area contributed by atoms with Crippen molar-refractivity contribution in [2.45, 2.75) is 97.8 Å². The Morgan fingerprint density at radius 2 is 1.16 bits per heavy atom. The molecule has 116 valence electrons. The molecule has 19 heavy (non-hydrogen) atoms. The van der Waals surface area contributed by atoms with E-state index in [0.717, 1.165) is 12.5 Å². The van der Waals surface area contributed by atoms with Crippen LogP contribution >= 0.6 is 0 Å². The van der Waals surface area contributed by atoms with Crippen molar-refractivity contribution in [3.8, 4) is 0 Å². The number of rotatable bonds is 15. The summed E-state index contributed by atoms with van der Waals surface area (Å²) in [5, 5.41) is 3.44. The second kappa shape index (κ2) is 16.0. The molecule has 1 unspecified atom stereocenters. The molecule has 0 radical (unpaired) electrons. The van der Waals surface area contributed by atoms with Gasteiger partial charge >= 0.3 is 0 Å². The highest BCUT2D eigenvalue weighted by Crippen LogP contribution is 2.13. The van der Waals surface area contributed by atoms with Gasteiger partial charge in [-0.3, -0.25) is 0 Å². The lowest BCUT2D eigenvalue weighted by Gasteiger charge is -2.11. The summed E-state index contributed by atoms with van der Waals surface area (Å²) in [5.41, 5.74) is 0. The first kappa shape index (κ1) is 19.0. The van der Waals surface area contributed by atoms with Crippen LogP contribution in [0.15, 0.2) is 0 Å². The Hall–Kier alpha value is -0.0400. The predicted octanol–water partition coefficient (Wildman–Crippen LogP) is 5.93. The first-order chi connectivity index (χ1) is 9.31. The van der Waals surface area contributed by atoms with Crippen LogP contribution in [-0.4, -0.2) is 13.1 Å². The normalized spacial score (nSPS) is 12.8. The molecule has 0 fully saturated rings. The van der Waals surface area contributed by atoms with Crippen molar-refractivity contribution < 1.29 is 0 Å². The summed E-state index contributed by atoms with van der Waals surface area (Å²) in [6.07, 6.45) is 17.4. The van der Waals surface area contributed by atoms with Crippen LogP contribution < -0.4 is 5.32 Å². The Balaban J connectivity index is 3.02. The van der Waals surface area contributed by atoms with Gasteiger partial charge in [-0.25, -0.2) is 0 Å². The third-order valence-corrected chi connectivity index (χ3v) is 4.04. The molecule has 0 saturated heterocycles. The van der Waals surface area contributed by atoms with Crippen LogP contribution in [0, 0.1) is 5.92 Å². The summed E-state index contributed by atoms with van der Waals surface area (Å²) >= 11 is 0. The first-order valence-corrected chi connectivity index (χ1v) is 9.02. The predicted molar refractivity (Wildman–Crippen MR) is 88.8 cm³/mol. The molecule has 0 rings (SSSR count). The Labute approximate surface area is 122 Å². The van der Waals surface area contributed by atoms with E-state index >= 15 is 0 Å². The molecule has 1 N–H and O–H groups in total. The summed E-state index contributed by atoms with van der Waals surface area (Å²) in [7, 11) is 0. The second-order valence-electron chi connectivity index (χ2n) is 6.24. The van der Waals surface area contributed by atoms with Crippen LogP contribution in [0.4, 0.5) is 0 Å². The third-order valence-electron chi connectivity index (χ3n) is 4.04. The van der Waals surface area contributed by atoms with Crippen molar-refractivity contribution in [2.24, 2.45) is 5.92 Å². The van der Waals surface area contributed by atoms with Crippen molar-refractivity contribution in [1.82, 2.24) is 5.32 Å². The van der Waals surface area contributed by atoms with Gasteiger partial charge in [0.1, 0.15) is 0 Å². The summed E-state index contributed by atoms with van der Waals surface area (Å²) in [6.45, 7) is 9.17. The monoisotopic (exact) mass is 269 g/mol. The van der Waals surface area contributed by atoms with E-state index < -0.39 is 0 Å². The lowest BCUT2D eigenvalue weighted by atomic mass is 10.0. The molecule has 0 aliphatic carbocycles. The molecule has 0 saturated carbocycles. The van der Waals surface area contributed by atoms with Crippen molar-refractivity contribution in [3.05, 3.63) is 0 Å². The Morgan fingerprint density at radius 3 is 1.63 bits per heavy atom. The topological polar surface area (TPSA) is 12.0 Å². The minimum absolute atomic E-state index is 0.860. The molecule has 0 heterocycles. The molecule has 1 heteroatoms. The van der Waals surface area contributed by atoms with Crippen molar-refractivity contribution >= 4 is 0 Å². The van der Waals surface area contributed by atoms with Crippen LogP contribution in [0.2, 0.25) is 0 Å². The van der Waals surface area contributed by atoms with E-state index in [0.29, 0.717) is 0 Å². The quantitative estimate of drug-likeness (QED) is 0.363. The number of hydrogen-bond donors (Lipinski definition) is 1. The van der Waals surface area contributed by atoms with E-state index in [1.807, 2.05) is 0 Å². The fraction of sp³-hybridized carbons (Fsp3) is 1.00. The summed E-state index contributed by atoms with van der Waals surface area (Å²) < 4.78 is 0. The largest absolute Gasteiger partial charge is 0.317 e. The molecule has 0 bridgehead atoms. The molecule has 0 spiro atoms.